The number of rotatable bonds is 8. The van der Waals surface area contributed by atoms with Crippen LogP contribution in [0, 0.1) is 12.8 Å². The van der Waals surface area contributed by atoms with E-state index in [1.807, 2.05) is 37.3 Å². The molecule has 117 valence electrons. The lowest BCUT2D eigenvalue weighted by molar-refractivity contribution is -0.120. The predicted molar refractivity (Wildman–Crippen MR) is 83.7 cm³/mol. The van der Waals surface area contributed by atoms with E-state index in [9.17, 15) is 4.79 Å². The lowest BCUT2D eigenvalue weighted by Gasteiger charge is -2.30. The quantitative estimate of drug-likeness (QED) is 0.801. The molecule has 0 bridgehead atoms. The summed E-state index contributed by atoms with van der Waals surface area (Å²) in [5.41, 5.74) is 1.06. The van der Waals surface area contributed by atoms with Gasteiger partial charge in [0.05, 0.1) is 6.10 Å². The van der Waals surface area contributed by atoms with Crippen LogP contribution in [0.4, 0.5) is 0 Å². The van der Waals surface area contributed by atoms with E-state index in [1.165, 1.54) is 6.92 Å². The molecule has 0 fully saturated rings. The first-order chi connectivity index (χ1) is 9.99. The van der Waals surface area contributed by atoms with Gasteiger partial charge < -0.3 is 14.8 Å². The normalized spacial score (nSPS) is 15.5. The van der Waals surface area contributed by atoms with Crippen LogP contribution in [0.5, 0.6) is 0 Å². The number of amides is 1. The van der Waals surface area contributed by atoms with Gasteiger partial charge in [-0.25, -0.2) is 0 Å². The highest BCUT2D eigenvalue weighted by Crippen LogP contribution is 2.26. The molecule has 1 aromatic carbocycles. The van der Waals surface area contributed by atoms with Crippen LogP contribution >= 0.6 is 0 Å². The summed E-state index contributed by atoms with van der Waals surface area (Å²) in [4.78, 5) is 11.3. The van der Waals surface area contributed by atoms with Crippen molar-refractivity contribution in [2.75, 3.05) is 14.2 Å². The summed E-state index contributed by atoms with van der Waals surface area (Å²) in [5.74, 6) is 0.0267. The van der Waals surface area contributed by atoms with Gasteiger partial charge in [-0.3, -0.25) is 4.79 Å². The summed E-state index contributed by atoms with van der Waals surface area (Å²) < 4.78 is 11.2. The highest BCUT2D eigenvalue weighted by molar-refractivity contribution is 5.73. The second-order valence-electron chi connectivity index (χ2n) is 5.36. The zero-order chi connectivity index (χ0) is 15.8. The van der Waals surface area contributed by atoms with Gasteiger partial charge in [-0.05, 0) is 24.8 Å². The van der Waals surface area contributed by atoms with Crippen molar-refractivity contribution in [1.29, 1.82) is 0 Å². The van der Waals surface area contributed by atoms with E-state index in [0.29, 0.717) is 6.42 Å². The van der Waals surface area contributed by atoms with Crippen LogP contribution in [0.2, 0.25) is 0 Å². The summed E-state index contributed by atoms with van der Waals surface area (Å²) in [6.45, 7) is 7.53. The summed E-state index contributed by atoms with van der Waals surface area (Å²) in [6, 6.07) is 9.90. The van der Waals surface area contributed by atoms with Crippen molar-refractivity contribution < 1.29 is 14.3 Å². The molecule has 1 amide bonds. The van der Waals surface area contributed by atoms with E-state index in [1.54, 1.807) is 14.2 Å². The van der Waals surface area contributed by atoms with Gasteiger partial charge in [0.1, 0.15) is 6.10 Å². The average molecular weight is 292 g/mol. The molecule has 0 saturated carbocycles. The predicted octanol–water partition coefficient (Wildman–Crippen LogP) is 2.75. The first kappa shape index (κ1) is 17.7. The van der Waals surface area contributed by atoms with Crippen molar-refractivity contribution in [3.63, 3.8) is 0 Å². The number of hydrogen-bond acceptors (Lipinski definition) is 3. The number of ether oxygens (including phenoxy) is 2. The fraction of sp³-hybridized carbons (Fsp3) is 0.529. The van der Waals surface area contributed by atoms with Gasteiger partial charge >= 0.3 is 0 Å². The molecule has 0 aliphatic heterocycles. The Morgan fingerprint density at radius 2 is 1.86 bits per heavy atom. The highest BCUT2D eigenvalue weighted by Gasteiger charge is 2.27. The van der Waals surface area contributed by atoms with Gasteiger partial charge in [0.15, 0.2) is 0 Å². The van der Waals surface area contributed by atoms with Gasteiger partial charge in [0.2, 0.25) is 5.91 Å². The van der Waals surface area contributed by atoms with Crippen molar-refractivity contribution >= 4 is 5.91 Å². The number of benzene rings is 1. The third-order valence-electron chi connectivity index (χ3n) is 3.58. The van der Waals surface area contributed by atoms with Crippen LogP contribution in [0.3, 0.4) is 0 Å². The van der Waals surface area contributed by atoms with E-state index in [0.717, 1.165) is 5.56 Å². The van der Waals surface area contributed by atoms with E-state index < -0.39 is 0 Å². The van der Waals surface area contributed by atoms with Gasteiger partial charge in [-0.2, -0.15) is 0 Å². The van der Waals surface area contributed by atoms with E-state index >= 15 is 0 Å². The average Bonchev–Trinajstić information content (AvgIpc) is 2.46. The maximum absolute atomic E-state index is 11.3. The zero-order valence-corrected chi connectivity index (χ0v) is 13.3. The lowest BCUT2D eigenvalue weighted by Crippen LogP contribution is -2.41. The van der Waals surface area contributed by atoms with E-state index in [4.69, 9.17) is 9.47 Å². The summed E-state index contributed by atoms with van der Waals surface area (Å²) in [7, 11) is 3.34. The molecule has 0 aliphatic carbocycles. The fourth-order valence-corrected chi connectivity index (χ4v) is 2.43. The van der Waals surface area contributed by atoms with Gasteiger partial charge in [0, 0.05) is 27.2 Å². The number of nitrogens with one attached hydrogen (secondary N) is 1. The molecule has 4 atom stereocenters. The number of carbonyl (C=O) groups is 1. The first-order valence-corrected chi connectivity index (χ1v) is 7.20. The summed E-state index contributed by atoms with van der Waals surface area (Å²) in [5, 5.41) is 2.94. The first-order valence-electron chi connectivity index (χ1n) is 7.20. The SMILES string of the molecule is [CH2]C(C)C(CC(OC)C(OC)c1ccccc1)NC(C)=O. The molecule has 0 heterocycles. The topological polar surface area (TPSA) is 47.6 Å². The minimum absolute atomic E-state index is 0.0474. The van der Waals surface area contributed by atoms with Crippen molar-refractivity contribution in [2.24, 2.45) is 5.92 Å². The lowest BCUT2D eigenvalue weighted by atomic mass is 9.93. The Morgan fingerprint density at radius 3 is 2.29 bits per heavy atom. The van der Waals surface area contributed by atoms with Crippen LogP contribution in [0.15, 0.2) is 30.3 Å². The second kappa shape index (κ2) is 8.80. The van der Waals surface area contributed by atoms with Gasteiger partial charge in [-0.1, -0.05) is 37.3 Å². The molecule has 1 radical (unpaired) electrons. The number of methoxy groups -OCH3 is 2. The molecule has 0 saturated heterocycles. The molecule has 1 N–H and O–H groups in total. The number of carbonyl (C=O) groups excluding carboxylic acids is 1. The molecule has 21 heavy (non-hydrogen) atoms. The standard InChI is InChI=1S/C17H26NO3/c1-12(2)15(18-13(3)19)11-16(20-4)17(21-5)14-9-7-6-8-10-14/h6-10,12,15-17H,1,11H2,2-5H3,(H,18,19). The second-order valence-corrected chi connectivity index (χ2v) is 5.36. The molecule has 4 nitrogen and oxygen atoms in total. The zero-order valence-electron chi connectivity index (χ0n) is 13.3. The smallest absolute Gasteiger partial charge is 0.217 e. The molecule has 1 aromatic rings. The monoisotopic (exact) mass is 292 g/mol. The third kappa shape index (κ3) is 5.48. The van der Waals surface area contributed by atoms with Crippen LogP contribution < -0.4 is 5.32 Å². The van der Waals surface area contributed by atoms with Crippen molar-refractivity contribution in [1.82, 2.24) is 5.32 Å². The Kier molecular flexibility index (Phi) is 7.40. The molecule has 4 unspecified atom stereocenters. The minimum Gasteiger partial charge on any atom is -0.378 e. The highest BCUT2D eigenvalue weighted by atomic mass is 16.5. The Labute approximate surface area is 127 Å². The van der Waals surface area contributed by atoms with Crippen molar-refractivity contribution in [3.8, 4) is 0 Å². The summed E-state index contributed by atoms with van der Waals surface area (Å²) in [6.07, 6.45) is 0.318. The Morgan fingerprint density at radius 1 is 1.24 bits per heavy atom. The Bertz CT molecular complexity index is 419. The Hall–Kier alpha value is -1.39. The molecule has 4 heteroatoms. The van der Waals surface area contributed by atoms with Crippen LogP contribution in [0.1, 0.15) is 31.9 Å². The van der Waals surface area contributed by atoms with E-state index in [-0.39, 0.29) is 30.1 Å². The van der Waals surface area contributed by atoms with Gasteiger partial charge in [-0.15, -0.1) is 0 Å². The van der Waals surface area contributed by atoms with Crippen LogP contribution in [0.25, 0.3) is 0 Å². The van der Waals surface area contributed by atoms with Gasteiger partial charge in [0.25, 0.3) is 0 Å². The summed E-state index contributed by atoms with van der Waals surface area (Å²) >= 11 is 0. The van der Waals surface area contributed by atoms with Crippen molar-refractivity contribution in [2.45, 2.75) is 38.5 Å². The molecular weight excluding hydrogens is 266 g/mol. The van der Waals surface area contributed by atoms with Crippen LogP contribution in [-0.2, 0) is 14.3 Å². The van der Waals surface area contributed by atoms with Crippen molar-refractivity contribution in [3.05, 3.63) is 42.8 Å². The minimum atomic E-state index is -0.175. The van der Waals surface area contributed by atoms with Crippen LogP contribution in [-0.4, -0.2) is 32.3 Å². The molecular formula is C17H26NO3. The fourth-order valence-electron chi connectivity index (χ4n) is 2.43. The Balaban J connectivity index is 2.86. The maximum atomic E-state index is 11.3. The molecule has 0 aromatic heterocycles. The van der Waals surface area contributed by atoms with E-state index in [2.05, 4.69) is 12.2 Å². The largest absolute Gasteiger partial charge is 0.378 e. The molecule has 0 aliphatic rings. The molecule has 1 rings (SSSR count). The number of hydrogen-bond donors (Lipinski definition) is 1. The molecule has 0 spiro atoms. The maximum Gasteiger partial charge on any atom is 0.217 e. The third-order valence-corrected chi connectivity index (χ3v) is 3.58.